The smallest absolute Gasteiger partial charge is 0.139 e. The number of Topliss-reactive ketones (excluding diaryl/α,β-unsaturated/α-hetero) is 1. The van der Waals surface area contributed by atoms with E-state index in [1.165, 1.54) is 11.6 Å². The highest BCUT2D eigenvalue weighted by atomic mass is 35.5. The third-order valence-electron chi connectivity index (χ3n) is 9.01. The Bertz CT molecular complexity index is 956. The maximum absolute atomic E-state index is 13.8. The van der Waals surface area contributed by atoms with E-state index in [4.69, 9.17) is 11.6 Å². The highest BCUT2D eigenvalue weighted by Crippen LogP contribution is 2.56. The van der Waals surface area contributed by atoms with Gasteiger partial charge in [0.1, 0.15) is 11.6 Å². The lowest BCUT2D eigenvalue weighted by molar-refractivity contribution is -0.135. The van der Waals surface area contributed by atoms with Gasteiger partial charge in [-0.25, -0.2) is 4.39 Å². The van der Waals surface area contributed by atoms with Gasteiger partial charge in [0.2, 0.25) is 0 Å². The molecule has 4 heteroatoms. The molecule has 2 bridgehead atoms. The Balaban J connectivity index is 1.21. The van der Waals surface area contributed by atoms with Crippen molar-refractivity contribution in [3.8, 4) is 0 Å². The summed E-state index contributed by atoms with van der Waals surface area (Å²) in [7, 11) is 0. The summed E-state index contributed by atoms with van der Waals surface area (Å²) in [6.07, 6.45) is 13.1. The molecule has 1 aromatic heterocycles. The fourth-order valence-electron chi connectivity index (χ4n) is 6.73. The van der Waals surface area contributed by atoms with E-state index in [1.807, 2.05) is 6.20 Å². The first-order valence-electron chi connectivity index (χ1n) is 12.1. The lowest BCUT2D eigenvalue weighted by Gasteiger charge is -2.50. The van der Waals surface area contributed by atoms with Gasteiger partial charge in [-0.3, -0.25) is 9.78 Å². The summed E-state index contributed by atoms with van der Waals surface area (Å²) >= 11 is 6.66. The number of carbonyl (C=O) groups excluding carboxylic acids is 1. The molecule has 0 radical (unpaired) electrons. The molecule has 4 saturated carbocycles. The number of alkyl halides is 1. The molecule has 4 aliphatic rings. The van der Waals surface area contributed by atoms with Crippen molar-refractivity contribution in [2.75, 3.05) is 0 Å². The van der Waals surface area contributed by atoms with Crippen LogP contribution in [-0.4, -0.2) is 15.6 Å². The van der Waals surface area contributed by atoms with Crippen LogP contribution in [0.4, 0.5) is 4.39 Å². The van der Waals surface area contributed by atoms with Gasteiger partial charge in [-0.15, -0.1) is 11.6 Å². The molecule has 0 N–H and O–H groups in total. The quantitative estimate of drug-likeness (QED) is 0.447. The van der Waals surface area contributed by atoms with Crippen LogP contribution in [-0.2, 0) is 4.79 Å². The average Bonchev–Trinajstić information content (AvgIpc) is 2.79. The summed E-state index contributed by atoms with van der Waals surface area (Å²) in [5.74, 6) is 1.83. The molecule has 31 heavy (non-hydrogen) atoms. The van der Waals surface area contributed by atoms with E-state index in [0.29, 0.717) is 23.5 Å². The summed E-state index contributed by atoms with van der Waals surface area (Å²) in [4.78, 5) is 17.7. The molecule has 1 aromatic carbocycles. The zero-order chi connectivity index (χ0) is 21.6. The van der Waals surface area contributed by atoms with Crippen LogP contribution in [0.25, 0.3) is 10.9 Å². The molecule has 4 aliphatic carbocycles. The molecule has 0 aliphatic heterocycles. The zero-order valence-corrected chi connectivity index (χ0v) is 19.3. The lowest BCUT2D eigenvalue weighted by atomic mass is 9.57. The molecule has 1 heterocycles. The van der Waals surface area contributed by atoms with E-state index >= 15 is 0 Å². The molecule has 2 nitrogen and oxygen atoms in total. The van der Waals surface area contributed by atoms with Crippen LogP contribution < -0.4 is 0 Å². The largest absolute Gasteiger partial charge is 0.299 e. The number of hydrogen-bond acceptors (Lipinski definition) is 2. The highest BCUT2D eigenvalue weighted by molar-refractivity contribution is 6.24. The van der Waals surface area contributed by atoms with Crippen molar-refractivity contribution >= 4 is 28.3 Å². The minimum atomic E-state index is -0.196. The first-order chi connectivity index (χ1) is 14.9. The van der Waals surface area contributed by atoms with Gasteiger partial charge in [0, 0.05) is 28.3 Å². The van der Waals surface area contributed by atoms with Crippen LogP contribution in [0.5, 0.6) is 0 Å². The Morgan fingerprint density at radius 1 is 1.10 bits per heavy atom. The van der Waals surface area contributed by atoms with Crippen LogP contribution in [0, 0.1) is 23.1 Å². The van der Waals surface area contributed by atoms with E-state index < -0.39 is 0 Å². The molecule has 0 spiro atoms. The van der Waals surface area contributed by atoms with Gasteiger partial charge in [0.25, 0.3) is 0 Å². The molecular formula is C27H33ClFNO. The molecule has 0 amide bonds. The van der Waals surface area contributed by atoms with Crippen molar-refractivity contribution in [3.05, 3.63) is 41.8 Å². The third-order valence-corrected chi connectivity index (χ3v) is 9.57. The van der Waals surface area contributed by atoms with Gasteiger partial charge in [0.15, 0.2) is 0 Å². The normalized spacial score (nSPS) is 34.0. The summed E-state index contributed by atoms with van der Waals surface area (Å²) in [5.41, 5.74) is 2.04. The van der Waals surface area contributed by atoms with E-state index in [-0.39, 0.29) is 16.1 Å². The average molecular weight is 442 g/mol. The maximum Gasteiger partial charge on any atom is 0.139 e. The van der Waals surface area contributed by atoms with Crippen LogP contribution in [0.2, 0.25) is 0 Å². The van der Waals surface area contributed by atoms with Crippen molar-refractivity contribution in [2.24, 2.45) is 17.3 Å². The van der Waals surface area contributed by atoms with Crippen LogP contribution in [0.15, 0.2) is 30.5 Å². The van der Waals surface area contributed by atoms with E-state index in [1.54, 1.807) is 12.1 Å². The third kappa shape index (κ3) is 4.03. The SMILES string of the molecule is C[C@@H](CC(=O)C12CCC(Cl)(CC1)CC2)C1CCC(c2ccnc3ccc(F)cc23)CC1. The van der Waals surface area contributed by atoms with Crippen LogP contribution in [0.1, 0.15) is 89.0 Å². The minimum absolute atomic E-state index is 0.00786. The number of carbonyl (C=O) groups is 1. The van der Waals surface area contributed by atoms with Crippen LogP contribution >= 0.6 is 11.6 Å². The first-order valence-corrected chi connectivity index (χ1v) is 12.5. The fourth-order valence-corrected chi connectivity index (χ4v) is 7.01. The monoisotopic (exact) mass is 441 g/mol. The standard InChI is InChI=1S/C27H33ClFNO/c1-18(16-25(31)26-9-12-27(28,13-10-26)14-11-26)19-2-4-20(5-3-19)22-8-15-30-24-7-6-21(29)17-23(22)24/h6-8,15,17-20H,2-5,9-14,16H2,1H3/t18-,19?,20?,26?,27?/m0/s1. The van der Waals surface area contributed by atoms with Crippen molar-refractivity contribution in [2.45, 2.75) is 88.3 Å². The van der Waals surface area contributed by atoms with Crippen molar-refractivity contribution < 1.29 is 9.18 Å². The Hall–Kier alpha value is -1.48. The Kier molecular flexibility index (Phi) is 5.61. The number of halogens is 2. The summed E-state index contributed by atoms with van der Waals surface area (Å²) in [6, 6.07) is 6.97. The van der Waals surface area contributed by atoms with Crippen molar-refractivity contribution in [3.63, 3.8) is 0 Å². The van der Waals surface area contributed by atoms with Crippen LogP contribution in [0.3, 0.4) is 0 Å². The van der Waals surface area contributed by atoms with Crippen molar-refractivity contribution in [1.29, 1.82) is 0 Å². The number of nitrogens with zero attached hydrogens (tertiary/aromatic N) is 1. The Labute approximate surface area is 190 Å². The Morgan fingerprint density at radius 2 is 1.77 bits per heavy atom. The number of pyridine rings is 1. The van der Waals surface area contributed by atoms with Gasteiger partial charge in [-0.1, -0.05) is 6.92 Å². The second-order valence-corrected chi connectivity index (χ2v) is 11.5. The van der Waals surface area contributed by atoms with E-state index in [0.717, 1.165) is 81.5 Å². The van der Waals surface area contributed by atoms with Gasteiger partial charge in [-0.2, -0.15) is 0 Å². The number of benzene rings is 1. The van der Waals surface area contributed by atoms with Gasteiger partial charge in [0.05, 0.1) is 5.52 Å². The van der Waals surface area contributed by atoms with E-state index in [2.05, 4.69) is 18.0 Å². The topological polar surface area (TPSA) is 30.0 Å². The summed E-state index contributed by atoms with van der Waals surface area (Å²) in [5, 5.41) is 0.957. The number of rotatable bonds is 5. The number of hydrogen-bond donors (Lipinski definition) is 0. The number of ketones is 1. The zero-order valence-electron chi connectivity index (χ0n) is 18.5. The first kappa shape index (κ1) is 21.4. The second kappa shape index (κ2) is 8.14. The highest BCUT2D eigenvalue weighted by Gasteiger charge is 2.51. The molecule has 2 aromatic rings. The maximum atomic E-state index is 13.8. The summed E-state index contributed by atoms with van der Waals surface area (Å²) in [6.45, 7) is 2.29. The summed E-state index contributed by atoms with van der Waals surface area (Å²) < 4.78 is 13.8. The molecular weight excluding hydrogens is 409 g/mol. The Morgan fingerprint density at radius 3 is 2.45 bits per heavy atom. The molecule has 6 rings (SSSR count). The molecule has 4 fully saturated rings. The van der Waals surface area contributed by atoms with Crippen molar-refractivity contribution in [1.82, 2.24) is 4.98 Å². The fraction of sp³-hybridized carbons (Fsp3) is 0.630. The predicted molar refractivity (Wildman–Crippen MR) is 124 cm³/mol. The second-order valence-electron chi connectivity index (χ2n) is 10.7. The van der Waals surface area contributed by atoms with E-state index in [9.17, 15) is 9.18 Å². The van der Waals surface area contributed by atoms with Gasteiger partial charge < -0.3 is 0 Å². The molecule has 166 valence electrons. The lowest BCUT2D eigenvalue weighted by Crippen LogP contribution is -2.47. The van der Waals surface area contributed by atoms with Gasteiger partial charge >= 0.3 is 0 Å². The number of aromatic nitrogens is 1. The minimum Gasteiger partial charge on any atom is -0.299 e. The van der Waals surface area contributed by atoms with Gasteiger partial charge in [-0.05, 0) is 112 Å². The molecule has 1 atom stereocenters. The molecule has 0 unspecified atom stereocenters. The number of fused-ring (bicyclic) bond motifs is 4. The molecule has 0 saturated heterocycles. The predicted octanol–water partition coefficient (Wildman–Crippen LogP) is 7.57.